The molecule has 0 unspecified atom stereocenters. The van der Waals surface area contributed by atoms with Crippen molar-refractivity contribution in [2.24, 2.45) is 0 Å². The molecule has 0 saturated carbocycles. The normalized spacial score (nSPS) is 10.2. The van der Waals surface area contributed by atoms with Crippen LogP contribution in [0.3, 0.4) is 0 Å². The van der Waals surface area contributed by atoms with Gasteiger partial charge in [0.2, 0.25) is 11.7 Å². The van der Waals surface area contributed by atoms with E-state index in [1.165, 1.54) is 18.3 Å². The van der Waals surface area contributed by atoms with Gasteiger partial charge in [-0.2, -0.15) is 4.39 Å². The van der Waals surface area contributed by atoms with Gasteiger partial charge < -0.3 is 10.5 Å². The molecular formula is C11H7F2N3O3. The second-order valence-corrected chi connectivity index (χ2v) is 3.52. The molecule has 0 amide bonds. The summed E-state index contributed by atoms with van der Waals surface area (Å²) in [6.45, 7) is 0. The fourth-order valence-corrected chi connectivity index (χ4v) is 1.33. The summed E-state index contributed by atoms with van der Waals surface area (Å²) in [5.74, 6) is -2.84. The number of hydrogen-bond donors (Lipinski definition) is 1. The average Bonchev–Trinajstić information content (AvgIpc) is 2.33. The Morgan fingerprint density at radius 1 is 1.26 bits per heavy atom. The number of nitrogens with two attached hydrogens (primary N) is 1. The highest BCUT2D eigenvalue weighted by atomic mass is 19.1. The minimum absolute atomic E-state index is 0.0489. The highest BCUT2D eigenvalue weighted by Gasteiger charge is 2.19. The smallest absolute Gasteiger partial charge is 0.307 e. The Hall–Kier alpha value is -2.77. The number of benzene rings is 1. The van der Waals surface area contributed by atoms with Crippen molar-refractivity contribution in [3.63, 3.8) is 0 Å². The average molecular weight is 267 g/mol. The Kier molecular flexibility index (Phi) is 3.23. The number of nitro groups is 1. The van der Waals surface area contributed by atoms with Crippen molar-refractivity contribution < 1.29 is 18.4 Å². The summed E-state index contributed by atoms with van der Waals surface area (Å²) in [6.07, 6.45) is 1.32. The lowest BCUT2D eigenvalue weighted by molar-refractivity contribution is -0.387. The predicted octanol–water partition coefficient (Wildman–Crippen LogP) is 2.64. The molecule has 2 rings (SSSR count). The molecule has 98 valence electrons. The maximum atomic E-state index is 13.5. The lowest BCUT2D eigenvalue weighted by Gasteiger charge is -2.06. The molecular weight excluding hydrogens is 260 g/mol. The van der Waals surface area contributed by atoms with Gasteiger partial charge in [0, 0.05) is 24.0 Å². The van der Waals surface area contributed by atoms with Crippen LogP contribution in [0.2, 0.25) is 0 Å². The second-order valence-electron chi connectivity index (χ2n) is 3.52. The number of pyridine rings is 1. The summed E-state index contributed by atoms with van der Waals surface area (Å²) in [6, 6.07) is 3.81. The number of anilines is 1. The third kappa shape index (κ3) is 2.73. The molecule has 2 aromatic rings. The van der Waals surface area contributed by atoms with E-state index >= 15 is 0 Å². The van der Waals surface area contributed by atoms with Crippen molar-refractivity contribution in [2.75, 3.05) is 5.73 Å². The summed E-state index contributed by atoms with van der Waals surface area (Å²) in [7, 11) is 0. The minimum atomic E-state index is -1.20. The Labute approximate surface area is 105 Å². The third-order valence-corrected chi connectivity index (χ3v) is 2.17. The van der Waals surface area contributed by atoms with Crippen LogP contribution in [0.15, 0.2) is 30.5 Å². The fraction of sp³-hybridized carbons (Fsp3) is 0. The van der Waals surface area contributed by atoms with Crippen LogP contribution in [0, 0.1) is 21.7 Å². The monoisotopic (exact) mass is 267 g/mol. The van der Waals surface area contributed by atoms with Gasteiger partial charge in [-0.15, -0.1) is 0 Å². The van der Waals surface area contributed by atoms with Gasteiger partial charge in [-0.05, 0) is 6.07 Å². The van der Waals surface area contributed by atoms with E-state index in [0.717, 1.165) is 0 Å². The maximum absolute atomic E-state index is 13.5. The SMILES string of the molecule is Nc1ccnc(Oc2cc(F)c([N+](=O)[O-])cc2F)c1. The molecule has 0 saturated heterocycles. The number of halogens is 2. The Balaban J connectivity index is 2.36. The number of aromatic nitrogens is 1. The first-order chi connectivity index (χ1) is 8.97. The van der Waals surface area contributed by atoms with Crippen molar-refractivity contribution in [1.82, 2.24) is 4.98 Å². The summed E-state index contributed by atoms with van der Waals surface area (Å²) in [5, 5.41) is 10.4. The molecule has 0 spiro atoms. The van der Waals surface area contributed by atoms with Gasteiger partial charge in [-0.25, -0.2) is 9.37 Å². The lowest BCUT2D eigenvalue weighted by atomic mass is 10.3. The molecule has 1 aromatic heterocycles. The first-order valence-corrected chi connectivity index (χ1v) is 5.00. The lowest BCUT2D eigenvalue weighted by Crippen LogP contribution is -1.97. The van der Waals surface area contributed by atoms with Crippen molar-refractivity contribution in [3.8, 4) is 11.6 Å². The van der Waals surface area contributed by atoms with Crippen LogP contribution in [0.4, 0.5) is 20.2 Å². The van der Waals surface area contributed by atoms with Crippen LogP contribution in [0.1, 0.15) is 0 Å². The van der Waals surface area contributed by atoms with Crippen molar-refractivity contribution >= 4 is 11.4 Å². The van der Waals surface area contributed by atoms with E-state index in [9.17, 15) is 18.9 Å². The second kappa shape index (κ2) is 4.84. The van der Waals surface area contributed by atoms with Crippen LogP contribution < -0.4 is 10.5 Å². The Morgan fingerprint density at radius 3 is 2.63 bits per heavy atom. The van der Waals surface area contributed by atoms with Crippen LogP contribution in [0.5, 0.6) is 11.6 Å². The number of nitro benzene ring substituents is 1. The number of nitrogens with zero attached hydrogens (tertiary/aromatic N) is 2. The standard InChI is InChI=1S/C11H7F2N3O3/c12-7-5-10(8(13)4-9(7)16(17)18)19-11-3-6(14)1-2-15-11/h1-5H,(H2,14,15). The van der Waals surface area contributed by atoms with Crippen LogP contribution in [-0.2, 0) is 0 Å². The zero-order valence-corrected chi connectivity index (χ0v) is 9.34. The number of nitrogen functional groups attached to an aromatic ring is 1. The van der Waals surface area contributed by atoms with Gasteiger partial charge in [0.05, 0.1) is 11.0 Å². The molecule has 0 aliphatic rings. The summed E-state index contributed by atoms with van der Waals surface area (Å²) in [4.78, 5) is 13.1. The summed E-state index contributed by atoms with van der Waals surface area (Å²) in [5.41, 5.74) is 4.83. The molecule has 8 heteroatoms. The minimum Gasteiger partial charge on any atom is -0.436 e. The third-order valence-electron chi connectivity index (χ3n) is 2.17. The predicted molar refractivity (Wildman–Crippen MR) is 61.7 cm³/mol. The van der Waals surface area contributed by atoms with E-state index in [0.29, 0.717) is 17.8 Å². The summed E-state index contributed by atoms with van der Waals surface area (Å²) < 4.78 is 31.8. The number of rotatable bonds is 3. The zero-order chi connectivity index (χ0) is 14.0. The summed E-state index contributed by atoms with van der Waals surface area (Å²) >= 11 is 0. The van der Waals surface area contributed by atoms with Gasteiger partial charge in [0.15, 0.2) is 11.6 Å². The van der Waals surface area contributed by atoms with Gasteiger partial charge >= 0.3 is 5.69 Å². The van der Waals surface area contributed by atoms with Crippen molar-refractivity contribution in [1.29, 1.82) is 0 Å². The van der Waals surface area contributed by atoms with E-state index in [2.05, 4.69) is 4.98 Å². The first-order valence-electron chi connectivity index (χ1n) is 5.00. The molecule has 1 aromatic carbocycles. The van der Waals surface area contributed by atoms with E-state index in [4.69, 9.17) is 10.5 Å². The molecule has 19 heavy (non-hydrogen) atoms. The van der Waals surface area contributed by atoms with E-state index in [1.54, 1.807) is 0 Å². The Morgan fingerprint density at radius 2 is 2.00 bits per heavy atom. The molecule has 0 aliphatic heterocycles. The van der Waals surface area contributed by atoms with E-state index in [1.807, 2.05) is 0 Å². The van der Waals surface area contributed by atoms with E-state index < -0.39 is 28.0 Å². The number of hydrogen-bond acceptors (Lipinski definition) is 5. The molecule has 0 atom stereocenters. The highest BCUT2D eigenvalue weighted by molar-refractivity contribution is 5.43. The van der Waals surface area contributed by atoms with Gasteiger partial charge in [-0.3, -0.25) is 10.1 Å². The van der Waals surface area contributed by atoms with Gasteiger partial charge in [-0.1, -0.05) is 0 Å². The van der Waals surface area contributed by atoms with Crippen LogP contribution in [0.25, 0.3) is 0 Å². The number of ether oxygens (including phenoxy) is 1. The molecule has 0 bridgehead atoms. The zero-order valence-electron chi connectivity index (χ0n) is 9.34. The highest BCUT2D eigenvalue weighted by Crippen LogP contribution is 2.29. The van der Waals surface area contributed by atoms with Gasteiger partial charge in [0.25, 0.3) is 0 Å². The van der Waals surface area contributed by atoms with Crippen LogP contribution >= 0.6 is 0 Å². The van der Waals surface area contributed by atoms with Crippen molar-refractivity contribution in [3.05, 3.63) is 52.2 Å². The maximum Gasteiger partial charge on any atom is 0.307 e. The molecule has 2 N–H and O–H groups in total. The van der Waals surface area contributed by atoms with Crippen molar-refractivity contribution in [2.45, 2.75) is 0 Å². The largest absolute Gasteiger partial charge is 0.436 e. The molecule has 0 fully saturated rings. The Bertz CT molecular complexity index is 649. The first kappa shape index (κ1) is 12.7. The van der Waals surface area contributed by atoms with Crippen LogP contribution in [-0.4, -0.2) is 9.91 Å². The quantitative estimate of drug-likeness (QED) is 0.681. The molecule has 1 heterocycles. The molecule has 0 radical (unpaired) electrons. The van der Waals surface area contributed by atoms with Gasteiger partial charge in [0.1, 0.15) is 0 Å². The molecule has 0 aliphatic carbocycles. The topological polar surface area (TPSA) is 91.3 Å². The molecule has 6 nitrogen and oxygen atoms in total. The van der Waals surface area contributed by atoms with E-state index in [-0.39, 0.29) is 5.88 Å². The fourth-order valence-electron chi connectivity index (χ4n) is 1.33.